The number of hydrogen-bond acceptors (Lipinski definition) is 2. The predicted octanol–water partition coefficient (Wildman–Crippen LogP) is 3.62. The van der Waals surface area contributed by atoms with Crippen molar-refractivity contribution in [2.75, 3.05) is 32.7 Å². The fourth-order valence-electron chi connectivity index (χ4n) is 2.74. The summed E-state index contributed by atoms with van der Waals surface area (Å²) in [4.78, 5) is 4.45. The Morgan fingerprint density at radius 2 is 1.64 bits per heavy atom. The third-order valence-corrected chi connectivity index (χ3v) is 3.86. The summed E-state index contributed by atoms with van der Waals surface area (Å²) < 4.78 is 51.4. The molecule has 0 amide bonds. The standard InChI is InChI=1S/C16H22F4N2/c1-12(2)10-21-5-7-22(8-6-21)11-13-3-4-14(9-15(13)17)16(18,19)20/h3-4,9,12H,5-8,10-11H2,1-2H3. The van der Waals surface area contributed by atoms with Crippen molar-refractivity contribution in [3.63, 3.8) is 0 Å². The van der Waals surface area contributed by atoms with Crippen molar-refractivity contribution < 1.29 is 17.6 Å². The summed E-state index contributed by atoms with van der Waals surface area (Å²) in [5.41, 5.74) is -0.610. The molecule has 2 nitrogen and oxygen atoms in total. The lowest BCUT2D eigenvalue weighted by Crippen LogP contribution is -2.46. The Bertz CT molecular complexity index is 491. The maximum absolute atomic E-state index is 13.8. The van der Waals surface area contributed by atoms with Gasteiger partial charge in [-0.25, -0.2) is 4.39 Å². The SMILES string of the molecule is CC(C)CN1CCN(Cc2ccc(C(F)(F)F)cc2F)CC1. The minimum atomic E-state index is -4.50. The van der Waals surface area contributed by atoms with E-state index in [4.69, 9.17) is 0 Å². The summed E-state index contributed by atoms with van der Waals surface area (Å²) in [6.07, 6.45) is -4.50. The molecule has 1 aliphatic rings. The van der Waals surface area contributed by atoms with Gasteiger partial charge in [0.2, 0.25) is 0 Å². The molecule has 0 N–H and O–H groups in total. The van der Waals surface area contributed by atoms with E-state index in [1.54, 1.807) is 0 Å². The molecule has 1 aliphatic heterocycles. The number of rotatable bonds is 4. The van der Waals surface area contributed by atoms with Crippen molar-refractivity contribution in [3.8, 4) is 0 Å². The van der Waals surface area contributed by atoms with Crippen molar-refractivity contribution >= 4 is 0 Å². The van der Waals surface area contributed by atoms with Gasteiger partial charge >= 0.3 is 6.18 Å². The molecule has 0 bridgehead atoms. The zero-order valence-electron chi connectivity index (χ0n) is 13.0. The quantitative estimate of drug-likeness (QED) is 0.783. The molecule has 6 heteroatoms. The lowest BCUT2D eigenvalue weighted by atomic mass is 10.1. The molecule has 0 unspecified atom stereocenters. The Labute approximate surface area is 128 Å². The average Bonchev–Trinajstić information content (AvgIpc) is 2.41. The van der Waals surface area contributed by atoms with E-state index in [0.29, 0.717) is 24.1 Å². The van der Waals surface area contributed by atoms with Crippen LogP contribution in [0.1, 0.15) is 25.0 Å². The largest absolute Gasteiger partial charge is 0.416 e. The highest BCUT2D eigenvalue weighted by molar-refractivity contribution is 5.26. The lowest BCUT2D eigenvalue weighted by molar-refractivity contribution is -0.137. The topological polar surface area (TPSA) is 6.48 Å². The second-order valence-corrected chi connectivity index (χ2v) is 6.27. The van der Waals surface area contributed by atoms with Crippen molar-refractivity contribution in [2.45, 2.75) is 26.6 Å². The number of benzene rings is 1. The maximum Gasteiger partial charge on any atom is 0.416 e. The van der Waals surface area contributed by atoms with Gasteiger partial charge in [-0.1, -0.05) is 19.9 Å². The highest BCUT2D eigenvalue weighted by Crippen LogP contribution is 2.30. The van der Waals surface area contributed by atoms with E-state index in [1.165, 1.54) is 6.07 Å². The molecule has 1 aromatic rings. The fourth-order valence-corrected chi connectivity index (χ4v) is 2.74. The molecule has 124 valence electrons. The normalized spacial score (nSPS) is 18.1. The number of halogens is 4. The van der Waals surface area contributed by atoms with Gasteiger partial charge < -0.3 is 4.90 Å². The van der Waals surface area contributed by atoms with Gasteiger partial charge in [-0.05, 0) is 18.1 Å². The van der Waals surface area contributed by atoms with Crippen LogP contribution in [0.25, 0.3) is 0 Å². The van der Waals surface area contributed by atoms with Gasteiger partial charge in [0.1, 0.15) is 5.82 Å². The number of alkyl halides is 3. The Morgan fingerprint density at radius 1 is 1.05 bits per heavy atom. The van der Waals surface area contributed by atoms with E-state index in [2.05, 4.69) is 23.6 Å². The summed E-state index contributed by atoms with van der Waals surface area (Å²) in [7, 11) is 0. The van der Waals surface area contributed by atoms with Gasteiger partial charge in [-0.15, -0.1) is 0 Å². The Balaban J connectivity index is 1.92. The Morgan fingerprint density at radius 3 is 2.14 bits per heavy atom. The predicted molar refractivity (Wildman–Crippen MR) is 78.0 cm³/mol. The first-order valence-electron chi connectivity index (χ1n) is 7.56. The molecule has 0 atom stereocenters. The van der Waals surface area contributed by atoms with Gasteiger partial charge in [0.05, 0.1) is 5.56 Å². The Kier molecular flexibility index (Phi) is 5.45. The van der Waals surface area contributed by atoms with E-state index >= 15 is 0 Å². The van der Waals surface area contributed by atoms with E-state index < -0.39 is 17.6 Å². The molecule has 0 saturated carbocycles. The summed E-state index contributed by atoms with van der Waals surface area (Å²) in [6.45, 7) is 9.21. The Hall–Kier alpha value is -1.14. The third kappa shape index (κ3) is 4.68. The molecular weight excluding hydrogens is 296 g/mol. The summed E-state index contributed by atoms with van der Waals surface area (Å²) in [6, 6.07) is 2.79. The molecule has 1 aromatic carbocycles. The molecule has 0 spiro atoms. The molecule has 1 heterocycles. The van der Waals surface area contributed by atoms with Crippen LogP contribution < -0.4 is 0 Å². The van der Waals surface area contributed by atoms with Gasteiger partial charge in [0.25, 0.3) is 0 Å². The van der Waals surface area contributed by atoms with Crippen molar-refractivity contribution in [2.24, 2.45) is 5.92 Å². The van der Waals surface area contributed by atoms with E-state index in [0.717, 1.165) is 38.8 Å². The number of piperazine rings is 1. The zero-order chi connectivity index (χ0) is 16.3. The van der Waals surface area contributed by atoms with Crippen LogP contribution in [0.4, 0.5) is 17.6 Å². The van der Waals surface area contributed by atoms with Gasteiger partial charge in [-0.3, -0.25) is 4.90 Å². The molecule has 0 aromatic heterocycles. The smallest absolute Gasteiger partial charge is 0.301 e. The second-order valence-electron chi connectivity index (χ2n) is 6.27. The van der Waals surface area contributed by atoms with Crippen LogP contribution in [0, 0.1) is 11.7 Å². The first-order valence-corrected chi connectivity index (χ1v) is 7.56. The van der Waals surface area contributed by atoms with Gasteiger partial charge in [0, 0.05) is 44.8 Å². The zero-order valence-corrected chi connectivity index (χ0v) is 13.0. The van der Waals surface area contributed by atoms with Crippen molar-refractivity contribution in [1.82, 2.24) is 9.80 Å². The van der Waals surface area contributed by atoms with E-state index in [9.17, 15) is 17.6 Å². The van der Waals surface area contributed by atoms with Crippen LogP contribution in [0.5, 0.6) is 0 Å². The average molecular weight is 318 g/mol. The van der Waals surface area contributed by atoms with Crippen LogP contribution in [0.2, 0.25) is 0 Å². The second kappa shape index (κ2) is 6.96. The monoisotopic (exact) mass is 318 g/mol. The molecule has 0 radical (unpaired) electrons. The number of hydrogen-bond donors (Lipinski definition) is 0. The van der Waals surface area contributed by atoms with Gasteiger partial charge in [0.15, 0.2) is 0 Å². The minimum Gasteiger partial charge on any atom is -0.301 e. The molecule has 1 fully saturated rings. The van der Waals surface area contributed by atoms with Crippen LogP contribution in [-0.4, -0.2) is 42.5 Å². The van der Waals surface area contributed by atoms with Gasteiger partial charge in [-0.2, -0.15) is 13.2 Å². The first-order chi connectivity index (χ1) is 10.3. The first kappa shape index (κ1) is 17.2. The highest BCUT2D eigenvalue weighted by Gasteiger charge is 2.31. The number of nitrogens with zero attached hydrogens (tertiary/aromatic N) is 2. The van der Waals surface area contributed by atoms with Crippen LogP contribution in [0.15, 0.2) is 18.2 Å². The molecular formula is C16H22F4N2. The lowest BCUT2D eigenvalue weighted by Gasteiger charge is -2.35. The maximum atomic E-state index is 13.8. The minimum absolute atomic E-state index is 0.324. The summed E-state index contributed by atoms with van der Waals surface area (Å²) in [5.74, 6) is -0.168. The van der Waals surface area contributed by atoms with E-state index in [1.807, 2.05) is 0 Å². The van der Waals surface area contributed by atoms with Crippen molar-refractivity contribution in [1.29, 1.82) is 0 Å². The molecule has 2 rings (SSSR count). The molecule has 1 saturated heterocycles. The fraction of sp³-hybridized carbons (Fsp3) is 0.625. The highest BCUT2D eigenvalue weighted by atomic mass is 19.4. The summed E-state index contributed by atoms with van der Waals surface area (Å²) >= 11 is 0. The van der Waals surface area contributed by atoms with E-state index in [-0.39, 0.29) is 0 Å². The van der Waals surface area contributed by atoms with Crippen LogP contribution in [-0.2, 0) is 12.7 Å². The van der Waals surface area contributed by atoms with Crippen LogP contribution in [0.3, 0.4) is 0 Å². The molecule has 22 heavy (non-hydrogen) atoms. The van der Waals surface area contributed by atoms with Crippen molar-refractivity contribution in [3.05, 3.63) is 35.1 Å². The van der Waals surface area contributed by atoms with Crippen LogP contribution >= 0.6 is 0 Å². The molecule has 0 aliphatic carbocycles. The summed E-state index contributed by atoms with van der Waals surface area (Å²) in [5, 5.41) is 0. The third-order valence-electron chi connectivity index (χ3n) is 3.86.